The lowest BCUT2D eigenvalue weighted by atomic mass is 10.1. The second kappa shape index (κ2) is 72.8. The molecule has 0 aliphatic carbocycles. The van der Waals surface area contributed by atoms with Crippen LogP contribution in [0.15, 0.2) is 122 Å². The van der Waals surface area contributed by atoms with Crippen LogP contribution in [-0.4, -0.2) is 96.7 Å². The summed E-state index contributed by atoms with van der Waals surface area (Å²) in [5.74, 6) is -2.26. The molecule has 0 aliphatic rings. The van der Waals surface area contributed by atoms with Gasteiger partial charge in [0.25, 0.3) is 0 Å². The first-order valence-electron chi connectivity index (χ1n) is 38.8. The lowest BCUT2D eigenvalue weighted by Crippen LogP contribution is -2.30. The Morgan fingerprint density at radius 1 is 0.290 bits per heavy atom. The number of esters is 4. The van der Waals surface area contributed by atoms with Gasteiger partial charge in [0, 0.05) is 25.7 Å². The average molecular weight is 1450 g/mol. The maximum atomic E-state index is 13.1. The number of rotatable bonds is 72. The van der Waals surface area contributed by atoms with Crippen molar-refractivity contribution in [2.45, 2.75) is 329 Å². The zero-order valence-corrected chi connectivity index (χ0v) is 64.4. The van der Waals surface area contributed by atoms with E-state index in [-0.39, 0.29) is 25.7 Å². The van der Waals surface area contributed by atoms with Crippen LogP contribution in [0.5, 0.6) is 0 Å². The van der Waals surface area contributed by atoms with Crippen molar-refractivity contribution < 1.29 is 80.2 Å². The van der Waals surface area contributed by atoms with Gasteiger partial charge >= 0.3 is 39.5 Å². The van der Waals surface area contributed by atoms with Gasteiger partial charge in [-0.05, 0) is 154 Å². The van der Waals surface area contributed by atoms with E-state index in [1.54, 1.807) is 0 Å². The molecular weight excluding hydrogens is 1310 g/mol. The highest BCUT2D eigenvalue weighted by molar-refractivity contribution is 7.47. The van der Waals surface area contributed by atoms with E-state index in [2.05, 4.69) is 149 Å². The molecule has 0 aliphatic heterocycles. The van der Waals surface area contributed by atoms with Crippen molar-refractivity contribution >= 4 is 39.5 Å². The maximum Gasteiger partial charge on any atom is 0.472 e. The number of allylic oxidation sites excluding steroid dienone is 20. The summed E-state index contributed by atoms with van der Waals surface area (Å²) in [6, 6.07) is 0. The molecule has 0 aromatic heterocycles. The Morgan fingerprint density at radius 2 is 0.530 bits per heavy atom. The van der Waals surface area contributed by atoms with Crippen LogP contribution >= 0.6 is 15.6 Å². The Kier molecular flexibility index (Phi) is 69.5. The molecule has 0 bridgehead atoms. The van der Waals surface area contributed by atoms with Gasteiger partial charge in [-0.2, -0.15) is 0 Å². The van der Waals surface area contributed by atoms with Gasteiger partial charge < -0.3 is 33.8 Å². The molecule has 0 saturated carbocycles. The highest BCUT2D eigenvalue weighted by Gasteiger charge is 2.30. The van der Waals surface area contributed by atoms with E-state index in [0.29, 0.717) is 25.7 Å². The second-order valence-corrected chi connectivity index (χ2v) is 28.5. The standard InChI is InChI=1S/C81H138O17P2/c1-5-9-13-17-21-25-29-32-35-36-37-38-41-43-47-50-54-58-62-66-79(84)92-72-77(98-81(86)68-64-60-56-52-48-44-40-34-31-27-23-19-15-11-7-3)74-96-100(89,90)94-70-75(82)69-93-99(87,88)95-73-76(97-80(85)67-63-59-55-51-45-28-24-20-16-12-8-4)71-91-78(83)65-61-57-53-49-46-42-39-33-30-26-22-18-14-10-6-2/h10,14,20-27,32-35,37-40,46,49,75-77,82H,5-9,11-13,15-19,28-31,36,41-45,47-48,50-74H2,1-4H3,(H,87,88)(H,89,90)/b14-10-,24-20-,25-21-,26-22-,27-23-,35-32-,38-37-,39-33-,40-34-,49-46-. The quantitative estimate of drug-likeness (QED) is 0.0169. The summed E-state index contributed by atoms with van der Waals surface area (Å²) >= 11 is 0. The Balaban J connectivity index is 5.38. The van der Waals surface area contributed by atoms with Crippen LogP contribution < -0.4 is 0 Å². The zero-order chi connectivity index (χ0) is 73.2. The Morgan fingerprint density at radius 3 is 0.860 bits per heavy atom. The number of aliphatic hydroxyl groups excluding tert-OH is 1. The highest BCUT2D eigenvalue weighted by atomic mass is 31.2. The first-order chi connectivity index (χ1) is 48.7. The van der Waals surface area contributed by atoms with E-state index >= 15 is 0 Å². The van der Waals surface area contributed by atoms with E-state index in [0.717, 1.165) is 180 Å². The predicted molar refractivity (Wildman–Crippen MR) is 408 cm³/mol. The van der Waals surface area contributed by atoms with E-state index in [1.165, 1.54) is 51.4 Å². The van der Waals surface area contributed by atoms with Crippen LogP contribution in [0, 0.1) is 0 Å². The number of aliphatic hydroxyl groups is 1. The number of unbranched alkanes of at least 4 members (excludes halogenated alkanes) is 26. The summed E-state index contributed by atoms with van der Waals surface area (Å²) in [5, 5.41) is 10.6. The molecule has 0 rings (SSSR count). The molecule has 5 atom stereocenters. The monoisotopic (exact) mass is 1440 g/mol. The van der Waals surface area contributed by atoms with Crippen molar-refractivity contribution in [1.82, 2.24) is 0 Å². The Labute approximate surface area is 606 Å². The summed E-state index contributed by atoms with van der Waals surface area (Å²) in [6.45, 7) is 4.58. The fourth-order valence-corrected chi connectivity index (χ4v) is 11.5. The molecule has 574 valence electrons. The number of carbonyl (C=O) groups is 4. The number of hydrogen-bond acceptors (Lipinski definition) is 15. The zero-order valence-electron chi connectivity index (χ0n) is 62.6. The van der Waals surface area contributed by atoms with Gasteiger partial charge in [-0.25, -0.2) is 9.13 Å². The van der Waals surface area contributed by atoms with Crippen molar-refractivity contribution in [3.63, 3.8) is 0 Å². The normalized spacial score (nSPS) is 14.6. The fraction of sp³-hybridized carbons (Fsp3) is 0.704. The number of hydrogen-bond donors (Lipinski definition) is 3. The summed E-state index contributed by atoms with van der Waals surface area (Å²) < 4.78 is 68.4. The van der Waals surface area contributed by atoms with Gasteiger partial charge in [0.2, 0.25) is 0 Å². The molecule has 0 fully saturated rings. The first-order valence-corrected chi connectivity index (χ1v) is 41.8. The smallest absolute Gasteiger partial charge is 0.462 e. The first kappa shape index (κ1) is 95.5. The third-order valence-corrected chi connectivity index (χ3v) is 17.8. The van der Waals surface area contributed by atoms with Gasteiger partial charge in [-0.3, -0.25) is 37.3 Å². The van der Waals surface area contributed by atoms with Crippen molar-refractivity contribution in [2.75, 3.05) is 39.6 Å². The largest absolute Gasteiger partial charge is 0.472 e. The van der Waals surface area contributed by atoms with Crippen LogP contribution in [-0.2, 0) is 65.4 Å². The Bertz CT molecular complexity index is 2370. The number of carbonyl (C=O) groups excluding carboxylic acids is 4. The molecule has 0 amide bonds. The topological polar surface area (TPSA) is 237 Å². The minimum atomic E-state index is -4.99. The van der Waals surface area contributed by atoms with E-state index in [9.17, 15) is 43.2 Å². The number of phosphoric acid groups is 2. The molecule has 0 saturated heterocycles. The lowest BCUT2D eigenvalue weighted by molar-refractivity contribution is -0.161. The van der Waals surface area contributed by atoms with Gasteiger partial charge in [0.15, 0.2) is 12.2 Å². The molecule has 3 N–H and O–H groups in total. The average Bonchev–Trinajstić information content (AvgIpc) is 0.945. The molecule has 0 radical (unpaired) electrons. The number of phosphoric ester groups is 2. The third kappa shape index (κ3) is 71.8. The molecule has 0 spiro atoms. The van der Waals surface area contributed by atoms with E-state index in [1.807, 2.05) is 0 Å². The summed E-state index contributed by atoms with van der Waals surface area (Å²) in [6.07, 6.45) is 79.1. The second-order valence-electron chi connectivity index (χ2n) is 25.6. The van der Waals surface area contributed by atoms with Crippen LogP contribution in [0.3, 0.4) is 0 Å². The van der Waals surface area contributed by atoms with Gasteiger partial charge in [-0.15, -0.1) is 0 Å². The molecular formula is C81H138O17P2. The maximum absolute atomic E-state index is 13.1. The molecule has 17 nitrogen and oxygen atoms in total. The van der Waals surface area contributed by atoms with Crippen LogP contribution in [0.25, 0.3) is 0 Å². The van der Waals surface area contributed by atoms with E-state index in [4.69, 9.17) is 37.0 Å². The van der Waals surface area contributed by atoms with Crippen molar-refractivity contribution in [3.8, 4) is 0 Å². The molecule has 0 heterocycles. The molecule has 19 heteroatoms. The summed E-state index contributed by atoms with van der Waals surface area (Å²) in [5.41, 5.74) is 0. The molecule has 5 unspecified atom stereocenters. The summed E-state index contributed by atoms with van der Waals surface area (Å²) in [4.78, 5) is 72.8. The Hall–Kier alpha value is -4.54. The minimum Gasteiger partial charge on any atom is -0.462 e. The van der Waals surface area contributed by atoms with Gasteiger partial charge in [0.05, 0.1) is 26.4 Å². The van der Waals surface area contributed by atoms with Crippen LogP contribution in [0.4, 0.5) is 0 Å². The molecule has 0 aromatic rings. The molecule has 0 aromatic carbocycles. The third-order valence-electron chi connectivity index (χ3n) is 15.9. The predicted octanol–water partition coefficient (Wildman–Crippen LogP) is 22.3. The SMILES string of the molecule is CC/C=C\C/C=C\C/C=C\C/C=C\CCCCC(=O)OCC(COP(=O)(O)OCC(O)COP(=O)(O)OCC(COC(=O)CCCCCCCC/C=C\C/C=C\C/C=C\CCCCC)OC(=O)CCCCCCC/C=C\C/C=C\CCCCC)OC(=O)CCCCCCC/C=C\CCCC. The van der Waals surface area contributed by atoms with Gasteiger partial charge in [-0.1, -0.05) is 252 Å². The van der Waals surface area contributed by atoms with Crippen molar-refractivity contribution in [2.24, 2.45) is 0 Å². The van der Waals surface area contributed by atoms with E-state index < -0.39 is 97.5 Å². The fourth-order valence-electron chi connectivity index (χ4n) is 9.93. The van der Waals surface area contributed by atoms with Crippen LogP contribution in [0.1, 0.15) is 310 Å². The van der Waals surface area contributed by atoms with Crippen LogP contribution in [0.2, 0.25) is 0 Å². The number of ether oxygens (including phenoxy) is 4. The highest BCUT2D eigenvalue weighted by Crippen LogP contribution is 2.45. The molecule has 100 heavy (non-hydrogen) atoms. The minimum absolute atomic E-state index is 0.0728. The van der Waals surface area contributed by atoms with Crippen molar-refractivity contribution in [3.05, 3.63) is 122 Å². The lowest BCUT2D eigenvalue weighted by Gasteiger charge is -2.21. The summed E-state index contributed by atoms with van der Waals surface area (Å²) in [7, 11) is -9.97. The van der Waals surface area contributed by atoms with Crippen molar-refractivity contribution in [1.29, 1.82) is 0 Å². The van der Waals surface area contributed by atoms with Gasteiger partial charge in [0.1, 0.15) is 19.3 Å².